The van der Waals surface area contributed by atoms with E-state index in [9.17, 15) is 9.18 Å². The molecule has 3 heterocycles. The summed E-state index contributed by atoms with van der Waals surface area (Å²) in [7, 11) is 0. The quantitative estimate of drug-likeness (QED) is 0.615. The van der Waals surface area contributed by atoms with E-state index in [1.807, 2.05) is 0 Å². The summed E-state index contributed by atoms with van der Waals surface area (Å²) in [6, 6.07) is 8.59. The Kier molecular flexibility index (Phi) is 5.70. The van der Waals surface area contributed by atoms with Gasteiger partial charge in [-0.25, -0.2) is 19.0 Å². The third-order valence-corrected chi connectivity index (χ3v) is 6.40. The van der Waals surface area contributed by atoms with E-state index in [0.29, 0.717) is 35.4 Å². The first-order chi connectivity index (χ1) is 15.7. The van der Waals surface area contributed by atoms with Gasteiger partial charge in [-0.1, -0.05) is 19.1 Å². The lowest BCUT2D eigenvalue weighted by Crippen LogP contribution is -2.40. The van der Waals surface area contributed by atoms with Gasteiger partial charge in [-0.3, -0.25) is 9.69 Å². The maximum atomic E-state index is 14.3. The van der Waals surface area contributed by atoms with Gasteiger partial charge < -0.3 is 5.32 Å². The van der Waals surface area contributed by atoms with E-state index in [1.165, 1.54) is 12.5 Å². The minimum atomic E-state index is -0.340. The summed E-state index contributed by atoms with van der Waals surface area (Å²) in [5.74, 6) is 0.164. The molecule has 1 saturated heterocycles. The summed E-state index contributed by atoms with van der Waals surface area (Å²) in [5, 5.41) is 7.58. The van der Waals surface area contributed by atoms with Crippen molar-refractivity contribution in [3.63, 3.8) is 0 Å². The Morgan fingerprint density at radius 1 is 1.22 bits per heavy atom. The molecule has 1 amide bonds. The predicted octanol–water partition coefficient (Wildman–Crippen LogP) is 3.56. The Bertz CT molecular complexity index is 1130. The van der Waals surface area contributed by atoms with E-state index in [4.69, 9.17) is 0 Å². The van der Waals surface area contributed by atoms with Crippen LogP contribution in [0.2, 0.25) is 0 Å². The number of carbonyl (C=O) groups excluding carboxylic acids is 1. The number of halogens is 1. The molecule has 1 saturated carbocycles. The van der Waals surface area contributed by atoms with Crippen molar-refractivity contribution in [2.45, 2.75) is 44.6 Å². The number of amides is 1. The molecule has 2 fully saturated rings. The zero-order valence-corrected chi connectivity index (χ0v) is 18.2. The van der Waals surface area contributed by atoms with Crippen LogP contribution >= 0.6 is 0 Å². The minimum absolute atomic E-state index is 0.105. The highest BCUT2D eigenvalue weighted by molar-refractivity contribution is 5.95. The number of hydrogen-bond donors (Lipinski definition) is 1. The monoisotopic (exact) mass is 434 g/mol. The van der Waals surface area contributed by atoms with Crippen LogP contribution in [0.15, 0.2) is 42.7 Å². The van der Waals surface area contributed by atoms with Crippen molar-refractivity contribution < 1.29 is 9.18 Å². The molecular weight excluding hydrogens is 407 g/mol. The van der Waals surface area contributed by atoms with E-state index >= 15 is 0 Å². The van der Waals surface area contributed by atoms with E-state index in [2.05, 4.69) is 32.2 Å². The van der Waals surface area contributed by atoms with Crippen molar-refractivity contribution in [2.75, 3.05) is 19.6 Å². The van der Waals surface area contributed by atoms with Gasteiger partial charge in [-0.2, -0.15) is 5.10 Å². The fourth-order valence-electron chi connectivity index (χ4n) is 4.56. The lowest BCUT2D eigenvalue weighted by Gasteiger charge is -2.22. The number of likely N-dealkylation sites (tertiary alicyclic amines) is 1. The fraction of sp³-hybridized carbons (Fsp3) is 0.417. The molecule has 5 rings (SSSR count). The molecule has 7 nitrogen and oxygen atoms in total. The second-order valence-electron chi connectivity index (χ2n) is 8.49. The largest absolute Gasteiger partial charge is 0.350 e. The van der Waals surface area contributed by atoms with E-state index in [0.717, 1.165) is 38.0 Å². The number of hydrogen-bond acceptors (Lipinski definition) is 5. The van der Waals surface area contributed by atoms with Crippen LogP contribution in [0, 0.1) is 5.82 Å². The lowest BCUT2D eigenvalue weighted by atomic mass is 10.1. The molecule has 1 atom stereocenters. The molecule has 2 aromatic heterocycles. The molecule has 1 aromatic carbocycles. The SMILES string of the molecule is CCN1CCC[C@@H]1CNC(=O)c1cnn(-c2nccc(-c3ccccc3F)n2)c1C1CC1. The average Bonchev–Trinajstić information content (AvgIpc) is 3.39. The van der Waals surface area contributed by atoms with Crippen LogP contribution in [-0.2, 0) is 0 Å². The number of nitrogens with zero attached hydrogens (tertiary/aromatic N) is 5. The standard InChI is InChI=1S/C24H27FN6O/c1-2-30-13-5-6-17(30)14-27-23(32)19-15-28-31(22(19)16-9-10-16)24-26-12-11-21(29-24)18-7-3-4-8-20(18)25/h3-4,7-8,11-12,15-17H,2,5-6,9-10,13-14H2,1H3,(H,27,32)/t17-/m1/s1. The molecule has 1 aliphatic carbocycles. The minimum Gasteiger partial charge on any atom is -0.350 e. The van der Waals surface area contributed by atoms with Crippen LogP contribution in [-0.4, -0.2) is 56.2 Å². The molecule has 0 spiro atoms. The molecule has 0 bridgehead atoms. The third kappa shape index (κ3) is 4.02. The first kappa shape index (κ1) is 20.8. The van der Waals surface area contributed by atoms with E-state index < -0.39 is 0 Å². The molecule has 166 valence electrons. The van der Waals surface area contributed by atoms with Crippen LogP contribution in [0.1, 0.15) is 54.6 Å². The Labute approximate surface area is 186 Å². The summed E-state index contributed by atoms with van der Waals surface area (Å²) in [6.45, 7) is 4.89. The highest BCUT2D eigenvalue weighted by Crippen LogP contribution is 2.42. The zero-order chi connectivity index (χ0) is 22.1. The fourth-order valence-corrected chi connectivity index (χ4v) is 4.56. The highest BCUT2D eigenvalue weighted by atomic mass is 19.1. The van der Waals surface area contributed by atoms with Crippen LogP contribution in [0.4, 0.5) is 4.39 Å². The van der Waals surface area contributed by atoms with E-state index in [1.54, 1.807) is 41.3 Å². The van der Waals surface area contributed by atoms with Gasteiger partial charge in [-0.05, 0) is 57.0 Å². The van der Waals surface area contributed by atoms with Gasteiger partial charge in [0.25, 0.3) is 11.9 Å². The second-order valence-corrected chi connectivity index (χ2v) is 8.49. The molecule has 32 heavy (non-hydrogen) atoms. The number of nitrogens with one attached hydrogen (secondary N) is 1. The summed E-state index contributed by atoms with van der Waals surface area (Å²) >= 11 is 0. The van der Waals surface area contributed by atoms with Gasteiger partial charge in [0.1, 0.15) is 5.82 Å². The Balaban J connectivity index is 1.41. The van der Waals surface area contributed by atoms with Crippen molar-refractivity contribution in [3.8, 4) is 17.2 Å². The normalized spacial score (nSPS) is 18.8. The summed E-state index contributed by atoms with van der Waals surface area (Å²) in [6.07, 6.45) is 7.50. The number of aromatic nitrogens is 4. The first-order valence-corrected chi connectivity index (χ1v) is 11.3. The van der Waals surface area contributed by atoms with Crippen LogP contribution in [0.25, 0.3) is 17.2 Å². The Morgan fingerprint density at radius 2 is 2.06 bits per heavy atom. The summed E-state index contributed by atoms with van der Waals surface area (Å²) < 4.78 is 15.9. The molecule has 1 N–H and O–H groups in total. The number of benzene rings is 1. The topological polar surface area (TPSA) is 75.9 Å². The van der Waals surface area contributed by atoms with Crippen LogP contribution in [0.5, 0.6) is 0 Å². The van der Waals surface area contributed by atoms with Gasteiger partial charge in [-0.15, -0.1) is 0 Å². The Morgan fingerprint density at radius 3 is 2.84 bits per heavy atom. The molecular formula is C24H27FN6O. The van der Waals surface area contributed by atoms with Crippen LogP contribution < -0.4 is 5.32 Å². The Hall–Kier alpha value is -3.13. The van der Waals surface area contributed by atoms with Crippen molar-refractivity contribution in [3.05, 3.63) is 59.8 Å². The van der Waals surface area contributed by atoms with Crippen molar-refractivity contribution in [1.29, 1.82) is 0 Å². The molecule has 0 radical (unpaired) electrons. The van der Waals surface area contributed by atoms with Gasteiger partial charge in [0.15, 0.2) is 0 Å². The average molecular weight is 435 g/mol. The zero-order valence-electron chi connectivity index (χ0n) is 18.2. The van der Waals surface area contributed by atoms with Crippen molar-refractivity contribution in [1.82, 2.24) is 30.0 Å². The predicted molar refractivity (Wildman–Crippen MR) is 119 cm³/mol. The molecule has 2 aliphatic rings. The first-order valence-electron chi connectivity index (χ1n) is 11.3. The molecule has 8 heteroatoms. The second kappa shape index (κ2) is 8.78. The summed E-state index contributed by atoms with van der Waals surface area (Å²) in [4.78, 5) is 24.4. The lowest BCUT2D eigenvalue weighted by molar-refractivity contribution is 0.0940. The smallest absolute Gasteiger partial charge is 0.254 e. The number of rotatable bonds is 7. The molecule has 3 aromatic rings. The van der Waals surface area contributed by atoms with Gasteiger partial charge >= 0.3 is 0 Å². The summed E-state index contributed by atoms with van der Waals surface area (Å²) in [5.41, 5.74) is 2.31. The molecule has 1 aliphatic heterocycles. The maximum Gasteiger partial charge on any atom is 0.254 e. The number of likely N-dealkylation sites (N-methyl/N-ethyl adjacent to an activating group) is 1. The van der Waals surface area contributed by atoms with Crippen LogP contribution in [0.3, 0.4) is 0 Å². The van der Waals surface area contributed by atoms with Gasteiger partial charge in [0, 0.05) is 30.3 Å². The van der Waals surface area contributed by atoms with Gasteiger partial charge in [0.2, 0.25) is 0 Å². The maximum absolute atomic E-state index is 14.3. The molecule has 0 unspecified atom stereocenters. The van der Waals surface area contributed by atoms with Crippen molar-refractivity contribution in [2.24, 2.45) is 0 Å². The third-order valence-electron chi connectivity index (χ3n) is 6.40. The highest BCUT2D eigenvalue weighted by Gasteiger charge is 2.34. The van der Waals surface area contributed by atoms with Gasteiger partial charge in [0.05, 0.1) is 23.1 Å². The van der Waals surface area contributed by atoms with Crippen molar-refractivity contribution >= 4 is 5.91 Å². The van der Waals surface area contributed by atoms with E-state index in [-0.39, 0.29) is 17.6 Å². The number of carbonyl (C=O) groups is 1.